The summed E-state index contributed by atoms with van der Waals surface area (Å²) in [6, 6.07) is 2.14. The summed E-state index contributed by atoms with van der Waals surface area (Å²) in [4.78, 5) is 11.7. The minimum atomic E-state index is -0.694. The van der Waals surface area contributed by atoms with E-state index >= 15 is 0 Å². The van der Waals surface area contributed by atoms with E-state index < -0.39 is 5.54 Å². The van der Waals surface area contributed by atoms with Gasteiger partial charge in [0.1, 0.15) is 5.54 Å². The molecule has 1 aliphatic rings. The fourth-order valence-electron chi connectivity index (χ4n) is 1.33. The van der Waals surface area contributed by atoms with Crippen LogP contribution in [0.2, 0.25) is 0 Å². The van der Waals surface area contributed by atoms with Crippen LogP contribution in [-0.2, 0) is 4.79 Å². The Bertz CT molecular complexity index is 255. The molecule has 0 aliphatic carbocycles. The SMILES string of the molecule is CCC(C)(C#N)NC(=O)C1CCCS1. The molecule has 2 atom stereocenters. The van der Waals surface area contributed by atoms with Crippen LogP contribution < -0.4 is 5.32 Å². The van der Waals surface area contributed by atoms with Gasteiger partial charge in [-0.05, 0) is 31.9 Å². The number of carbonyl (C=O) groups is 1. The van der Waals surface area contributed by atoms with Crippen LogP contribution in [0, 0.1) is 11.3 Å². The van der Waals surface area contributed by atoms with Gasteiger partial charge in [0.25, 0.3) is 0 Å². The lowest BCUT2D eigenvalue weighted by atomic mass is 10.0. The summed E-state index contributed by atoms with van der Waals surface area (Å²) in [5, 5.41) is 11.8. The van der Waals surface area contributed by atoms with Crippen molar-refractivity contribution >= 4 is 17.7 Å². The molecular weight excluding hydrogens is 196 g/mol. The zero-order valence-corrected chi connectivity index (χ0v) is 9.49. The fourth-order valence-corrected chi connectivity index (χ4v) is 2.49. The molecule has 1 rings (SSSR count). The molecule has 1 heterocycles. The average molecular weight is 212 g/mol. The van der Waals surface area contributed by atoms with Crippen LogP contribution in [0.25, 0.3) is 0 Å². The molecule has 0 spiro atoms. The maximum absolute atomic E-state index is 11.7. The van der Waals surface area contributed by atoms with Crippen LogP contribution in [0.3, 0.4) is 0 Å². The minimum Gasteiger partial charge on any atom is -0.337 e. The van der Waals surface area contributed by atoms with E-state index in [0.717, 1.165) is 18.6 Å². The molecule has 0 bridgehead atoms. The van der Waals surface area contributed by atoms with Gasteiger partial charge in [-0.25, -0.2) is 0 Å². The summed E-state index contributed by atoms with van der Waals surface area (Å²) >= 11 is 1.69. The van der Waals surface area contributed by atoms with Crippen molar-refractivity contribution < 1.29 is 4.79 Å². The summed E-state index contributed by atoms with van der Waals surface area (Å²) in [7, 11) is 0. The van der Waals surface area contributed by atoms with Crippen LogP contribution >= 0.6 is 11.8 Å². The highest BCUT2D eigenvalue weighted by molar-refractivity contribution is 8.00. The third-order valence-electron chi connectivity index (χ3n) is 2.58. The van der Waals surface area contributed by atoms with E-state index in [1.54, 1.807) is 18.7 Å². The van der Waals surface area contributed by atoms with E-state index in [2.05, 4.69) is 11.4 Å². The standard InChI is InChI=1S/C10H16N2OS/c1-3-10(2,7-11)12-9(13)8-5-4-6-14-8/h8H,3-6H2,1-2H3,(H,12,13). The monoisotopic (exact) mass is 212 g/mol. The molecule has 14 heavy (non-hydrogen) atoms. The molecular formula is C10H16N2OS. The fraction of sp³-hybridized carbons (Fsp3) is 0.800. The number of carbonyl (C=O) groups excluding carboxylic acids is 1. The van der Waals surface area contributed by atoms with Gasteiger partial charge in [-0.15, -0.1) is 11.8 Å². The predicted molar refractivity (Wildman–Crippen MR) is 57.9 cm³/mol. The Morgan fingerprint density at radius 2 is 2.50 bits per heavy atom. The van der Waals surface area contributed by atoms with Crippen LogP contribution in [0.5, 0.6) is 0 Å². The van der Waals surface area contributed by atoms with E-state index in [1.807, 2.05) is 6.92 Å². The van der Waals surface area contributed by atoms with Gasteiger partial charge in [-0.2, -0.15) is 5.26 Å². The van der Waals surface area contributed by atoms with Crippen LogP contribution in [0.4, 0.5) is 0 Å². The quantitative estimate of drug-likeness (QED) is 0.774. The van der Waals surface area contributed by atoms with E-state index in [1.165, 1.54) is 0 Å². The summed E-state index contributed by atoms with van der Waals surface area (Å²) < 4.78 is 0. The maximum atomic E-state index is 11.7. The molecule has 4 heteroatoms. The van der Waals surface area contributed by atoms with E-state index in [4.69, 9.17) is 5.26 Å². The second kappa shape index (κ2) is 4.70. The first kappa shape index (κ1) is 11.4. The molecule has 1 N–H and O–H groups in total. The first-order valence-electron chi connectivity index (χ1n) is 4.96. The van der Waals surface area contributed by atoms with Crippen LogP contribution in [-0.4, -0.2) is 22.4 Å². The lowest BCUT2D eigenvalue weighted by Gasteiger charge is -2.23. The molecule has 0 saturated carbocycles. The van der Waals surface area contributed by atoms with Gasteiger partial charge in [-0.1, -0.05) is 6.92 Å². The van der Waals surface area contributed by atoms with Gasteiger partial charge in [-0.3, -0.25) is 4.79 Å². The summed E-state index contributed by atoms with van der Waals surface area (Å²) in [6.45, 7) is 3.68. The highest BCUT2D eigenvalue weighted by Gasteiger charge is 2.29. The highest BCUT2D eigenvalue weighted by atomic mass is 32.2. The lowest BCUT2D eigenvalue weighted by Crippen LogP contribution is -2.47. The van der Waals surface area contributed by atoms with Gasteiger partial charge in [0.2, 0.25) is 5.91 Å². The summed E-state index contributed by atoms with van der Waals surface area (Å²) in [5.74, 6) is 1.09. The molecule has 0 radical (unpaired) electrons. The Morgan fingerprint density at radius 1 is 1.79 bits per heavy atom. The topological polar surface area (TPSA) is 52.9 Å². The third-order valence-corrected chi connectivity index (χ3v) is 3.95. The van der Waals surface area contributed by atoms with Crippen molar-refractivity contribution in [3.8, 4) is 6.07 Å². The molecule has 3 nitrogen and oxygen atoms in total. The smallest absolute Gasteiger partial charge is 0.234 e. The predicted octanol–water partition coefficient (Wildman–Crippen LogP) is 1.69. The number of nitrogens with one attached hydrogen (secondary N) is 1. The van der Waals surface area contributed by atoms with Crippen LogP contribution in [0.15, 0.2) is 0 Å². The van der Waals surface area contributed by atoms with E-state index in [9.17, 15) is 4.79 Å². The number of hydrogen-bond donors (Lipinski definition) is 1. The van der Waals surface area contributed by atoms with Crippen molar-refractivity contribution in [3.05, 3.63) is 0 Å². The molecule has 1 saturated heterocycles. The average Bonchev–Trinajstić information content (AvgIpc) is 2.70. The van der Waals surface area contributed by atoms with E-state index in [0.29, 0.717) is 6.42 Å². The summed E-state index contributed by atoms with van der Waals surface area (Å²) in [6.07, 6.45) is 2.70. The molecule has 2 unspecified atom stereocenters. The summed E-state index contributed by atoms with van der Waals surface area (Å²) in [5.41, 5.74) is -0.694. The zero-order valence-electron chi connectivity index (χ0n) is 8.67. The Morgan fingerprint density at radius 3 is 2.93 bits per heavy atom. The number of amides is 1. The van der Waals surface area contributed by atoms with Crippen molar-refractivity contribution in [2.24, 2.45) is 0 Å². The third kappa shape index (κ3) is 2.65. The second-order valence-electron chi connectivity index (χ2n) is 3.79. The Labute approximate surface area is 89.2 Å². The van der Waals surface area contributed by atoms with Gasteiger partial charge in [0.05, 0.1) is 11.3 Å². The molecule has 0 aromatic heterocycles. The van der Waals surface area contributed by atoms with E-state index in [-0.39, 0.29) is 11.2 Å². The Balaban J connectivity index is 2.51. The number of hydrogen-bond acceptors (Lipinski definition) is 3. The van der Waals surface area contributed by atoms with Crippen molar-refractivity contribution in [1.29, 1.82) is 5.26 Å². The largest absolute Gasteiger partial charge is 0.337 e. The number of rotatable bonds is 3. The Hall–Kier alpha value is -0.690. The number of nitriles is 1. The molecule has 78 valence electrons. The van der Waals surface area contributed by atoms with Gasteiger partial charge >= 0.3 is 0 Å². The van der Waals surface area contributed by atoms with Crippen molar-refractivity contribution in [1.82, 2.24) is 5.32 Å². The zero-order chi connectivity index (χ0) is 10.6. The highest BCUT2D eigenvalue weighted by Crippen LogP contribution is 2.26. The van der Waals surface area contributed by atoms with Gasteiger partial charge in [0.15, 0.2) is 0 Å². The normalized spacial score (nSPS) is 25.1. The molecule has 1 aliphatic heterocycles. The second-order valence-corrected chi connectivity index (χ2v) is 5.10. The van der Waals surface area contributed by atoms with Gasteiger partial charge in [0, 0.05) is 0 Å². The minimum absolute atomic E-state index is 0.0263. The molecule has 1 amide bonds. The molecule has 0 aromatic carbocycles. The number of thioether (sulfide) groups is 1. The maximum Gasteiger partial charge on any atom is 0.234 e. The first-order chi connectivity index (χ1) is 6.61. The number of nitrogens with zero attached hydrogens (tertiary/aromatic N) is 1. The van der Waals surface area contributed by atoms with Crippen molar-refractivity contribution in [2.45, 2.75) is 43.9 Å². The van der Waals surface area contributed by atoms with Crippen LogP contribution in [0.1, 0.15) is 33.1 Å². The van der Waals surface area contributed by atoms with Gasteiger partial charge < -0.3 is 5.32 Å². The first-order valence-corrected chi connectivity index (χ1v) is 6.01. The molecule has 0 aromatic rings. The van der Waals surface area contributed by atoms with Crippen molar-refractivity contribution in [3.63, 3.8) is 0 Å². The van der Waals surface area contributed by atoms with Crippen molar-refractivity contribution in [2.75, 3.05) is 5.75 Å². The Kier molecular flexibility index (Phi) is 3.82. The lowest BCUT2D eigenvalue weighted by molar-refractivity contribution is -0.121. The molecule has 1 fully saturated rings.